The van der Waals surface area contributed by atoms with Crippen molar-refractivity contribution in [3.05, 3.63) is 42.4 Å². The summed E-state index contributed by atoms with van der Waals surface area (Å²) < 4.78 is 5.29. The first kappa shape index (κ1) is 18.4. The summed E-state index contributed by atoms with van der Waals surface area (Å²) in [7, 11) is 3.08. The van der Waals surface area contributed by atoms with Gasteiger partial charge in [-0.2, -0.15) is 0 Å². The molecule has 1 fully saturated rings. The van der Waals surface area contributed by atoms with Crippen LogP contribution in [0.3, 0.4) is 0 Å². The van der Waals surface area contributed by atoms with Crippen LogP contribution in [-0.2, 0) is 0 Å². The Morgan fingerprint density at radius 2 is 1.93 bits per heavy atom. The Bertz CT molecular complexity index is 806. The minimum atomic E-state index is -0.235. The molecule has 0 spiro atoms. The summed E-state index contributed by atoms with van der Waals surface area (Å²) in [5, 5.41) is 5.40. The van der Waals surface area contributed by atoms with Crippen molar-refractivity contribution in [1.82, 2.24) is 20.2 Å². The number of hydrogen-bond acceptors (Lipinski definition) is 6. The molecule has 0 radical (unpaired) electrons. The van der Waals surface area contributed by atoms with Crippen molar-refractivity contribution >= 4 is 23.4 Å². The highest BCUT2D eigenvalue weighted by Gasteiger charge is 2.23. The number of anilines is 2. The summed E-state index contributed by atoms with van der Waals surface area (Å²) in [5.74, 6) is 1.07. The van der Waals surface area contributed by atoms with Gasteiger partial charge in [-0.05, 0) is 18.2 Å². The van der Waals surface area contributed by atoms with Gasteiger partial charge in [-0.3, -0.25) is 9.78 Å². The first-order chi connectivity index (χ1) is 13.1. The topological polar surface area (TPSA) is 99.7 Å². The van der Waals surface area contributed by atoms with Crippen molar-refractivity contribution in [2.45, 2.75) is 0 Å². The average Bonchev–Trinajstić information content (AvgIpc) is 2.73. The van der Waals surface area contributed by atoms with Gasteiger partial charge < -0.3 is 25.2 Å². The molecule has 3 amide bonds. The molecule has 0 saturated carbocycles. The maximum absolute atomic E-state index is 12.6. The lowest BCUT2D eigenvalue weighted by atomic mass is 10.1. The number of methoxy groups -OCH3 is 1. The fourth-order valence-corrected chi connectivity index (χ4v) is 2.88. The Labute approximate surface area is 157 Å². The number of carbonyl (C=O) groups excluding carboxylic acids is 2. The van der Waals surface area contributed by atoms with Crippen LogP contribution in [0.1, 0.15) is 10.4 Å². The summed E-state index contributed by atoms with van der Waals surface area (Å²) in [6.45, 7) is 2.45. The summed E-state index contributed by atoms with van der Waals surface area (Å²) in [6.07, 6.45) is 5.00. The summed E-state index contributed by atoms with van der Waals surface area (Å²) >= 11 is 0. The zero-order chi connectivity index (χ0) is 19.2. The van der Waals surface area contributed by atoms with E-state index in [2.05, 4.69) is 25.5 Å². The third-order valence-electron chi connectivity index (χ3n) is 4.37. The molecule has 0 bridgehead atoms. The molecule has 1 aromatic carbocycles. The van der Waals surface area contributed by atoms with E-state index in [0.29, 0.717) is 43.2 Å². The molecule has 0 atom stereocenters. The molecule has 2 heterocycles. The predicted molar refractivity (Wildman–Crippen MR) is 101 cm³/mol. The molecule has 1 aliphatic rings. The molecule has 0 aliphatic carbocycles. The maximum atomic E-state index is 12.6. The van der Waals surface area contributed by atoms with Gasteiger partial charge in [0, 0.05) is 51.2 Å². The first-order valence-electron chi connectivity index (χ1n) is 8.59. The largest absolute Gasteiger partial charge is 0.495 e. The second-order valence-corrected chi connectivity index (χ2v) is 5.96. The molecule has 1 saturated heterocycles. The minimum absolute atomic E-state index is 0.231. The van der Waals surface area contributed by atoms with Crippen molar-refractivity contribution in [3.8, 4) is 5.75 Å². The van der Waals surface area contributed by atoms with Crippen molar-refractivity contribution < 1.29 is 14.3 Å². The smallest absolute Gasteiger partial charge is 0.322 e. The van der Waals surface area contributed by atoms with Crippen molar-refractivity contribution in [2.75, 3.05) is 50.6 Å². The standard InChI is InChI=1S/C18H22N6O3/c1-19-17(25)13-3-4-15(27-2)14(11-13)22-18(26)24-9-7-23(8-10-24)16-12-20-5-6-21-16/h3-6,11-12H,7-10H2,1-2H3,(H,19,25)(H,22,26). The van der Waals surface area contributed by atoms with E-state index >= 15 is 0 Å². The lowest BCUT2D eigenvalue weighted by Crippen LogP contribution is -2.50. The van der Waals surface area contributed by atoms with Crippen LogP contribution < -0.4 is 20.3 Å². The quantitative estimate of drug-likeness (QED) is 0.839. The van der Waals surface area contributed by atoms with E-state index in [1.54, 1.807) is 48.7 Å². The highest BCUT2D eigenvalue weighted by molar-refractivity contribution is 5.98. The lowest BCUT2D eigenvalue weighted by Gasteiger charge is -2.35. The van der Waals surface area contributed by atoms with Gasteiger partial charge >= 0.3 is 6.03 Å². The van der Waals surface area contributed by atoms with E-state index in [1.807, 2.05) is 0 Å². The maximum Gasteiger partial charge on any atom is 0.322 e. The van der Waals surface area contributed by atoms with E-state index in [1.165, 1.54) is 7.11 Å². The predicted octanol–water partition coefficient (Wildman–Crippen LogP) is 1.20. The molecule has 3 rings (SSSR count). The van der Waals surface area contributed by atoms with E-state index in [9.17, 15) is 9.59 Å². The van der Waals surface area contributed by atoms with Crippen LogP contribution in [0.15, 0.2) is 36.8 Å². The van der Waals surface area contributed by atoms with Crippen LogP contribution in [0.4, 0.5) is 16.3 Å². The van der Waals surface area contributed by atoms with Gasteiger partial charge in [0.25, 0.3) is 5.91 Å². The van der Waals surface area contributed by atoms with Crippen molar-refractivity contribution in [2.24, 2.45) is 0 Å². The van der Waals surface area contributed by atoms with Gasteiger partial charge in [0.2, 0.25) is 0 Å². The van der Waals surface area contributed by atoms with Gasteiger partial charge in [-0.15, -0.1) is 0 Å². The zero-order valence-electron chi connectivity index (χ0n) is 15.3. The summed E-state index contributed by atoms with van der Waals surface area (Å²) in [4.78, 5) is 36.6. The van der Waals surface area contributed by atoms with Gasteiger partial charge in [0.05, 0.1) is 19.0 Å². The number of piperazine rings is 1. The monoisotopic (exact) mass is 370 g/mol. The van der Waals surface area contributed by atoms with E-state index in [4.69, 9.17) is 4.74 Å². The molecule has 9 heteroatoms. The SMILES string of the molecule is CNC(=O)c1ccc(OC)c(NC(=O)N2CCN(c3cnccn3)CC2)c1. The first-order valence-corrected chi connectivity index (χ1v) is 8.59. The van der Waals surface area contributed by atoms with Crippen LogP contribution in [0.25, 0.3) is 0 Å². The molecule has 1 aromatic heterocycles. The molecule has 27 heavy (non-hydrogen) atoms. The number of carbonyl (C=O) groups is 2. The van der Waals surface area contributed by atoms with Gasteiger partial charge in [0.15, 0.2) is 0 Å². The van der Waals surface area contributed by atoms with Gasteiger partial charge in [-0.1, -0.05) is 0 Å². The number of amides is 3. The number of hydrogen-bond donors (Lipinski definition) is 2. The molecule has 142 valence electrons. The fourth-order valence-electron chi connectivity index (χ4n) is 2.88. The number of ether oxygens (including phenoxy) is 1. The molecule has 2 aromatic rings. The van der Waals surface area contributed by atoms with Crippen LogP contribution in [0.5, 0.6) is 5.75 Å². The Morgan fingerprint density at radius 3 is 2.56 bits per heavy atom. The second kappa shape index (κ2) is 8.35. The molecule has 9 nitrogen and oxygen atoms in total. The van der Waals surface area contributed by atoms with Crippen molar-refractivity contribution in [1.29, 1.82) is 0 Å². The molecular weight excluding hydrogens is 348 g/mol. The molecule has 2 N–H and O–H groups in total. The van der Waals surface area contributed by atoms with Crippen LogP contribution in [-0.4, -0.2) is 67.1 Å². The number of benzene rings is 1. The van der Waals surface area contributed by atoms with E-state index < -0.39 is 0 Å². The Kier molecular flexibility index (Phi) is 5.70. The van der Waals surface area contributed by atoms with Crippen molar-refractivity contribution in [3.63, 3.8) is 0 Å². The molecule has 0 unspecified atom stereocenters. The normalized spacial score (nSPS) is 13.9. The van der Waals surface area contributed by atoms with Crippen LogP contribution in [0.2, 0.25) is 0 Å². The molecule has 1 aliphatic heterocycles. The summed E-state index contributed by atoms with van der Waals surface area (Å²) in [5.41, 5.74) is 0.904. The molecular formula is C18H22N6O3. The number of nitrogens with zero attached hydrogens (tertiary/aromatic N) is 4. The highest BCUT2D eigenvalue weighted by Crippen LogP contribution is 2.26. The summed E-state index contributed by atoms with van der Waals surface area (Å²) in [6, 6.07) is 4.67. The van der Waals surface area contributed by atoms with Crippen LogP contribution >= 0.6 is 0 Å². The minimum Gasteiger partial charge on any atom is -0.495 e. The van der Waals surface area contributed by atoms with Crippen LogP contribution in [0, 0.1) is 0 Å². The number of urea groups is 1. The Hall–Kier alpha value is -3.36. The van der Waals surface area contributed by atoms with E-state index in [-0.39, 0.29) is 11.9 Å². The Balaban J connectivity index is 1.65. The fraction of sp³-hybridized carbons (Fsp3) is 0.333. The second-order valence-electron chi connectivity index (χ2n) is 5.96. The zero-order valence-corrected chi connectivity index (χ0v) is 15.3. The number of aromatic nitrogens is 2. The van der Waals surface area contributed by atoms with Gasteiger partial charge in [0.1, 0.15) is 11.6 Å². The third kappa shape index (κ3) is 4.25. The Morgan fingerprint density at radius 1 is 1.15 bits per heavy atom. The number of rotatable bonds is 4. The number of nitrogens with one attached hydrogen (secondary N) is 2. The third-order valence-corrected chi connectivity index (χ3v) is 4.37. The lowest BCUT2D eigenvalue weighted by molar-refractivity contribution is 0.0963. The van der Waals surface area contributed by atoms with E-state index in [0.717, 1.165) is 5.82 Å². The average molecular weight is 370 g/mol. The van der Waals surface area contributed by atoms with Gasteiger partial charge in [-0.25, -0.2) is 9.78 Å². The highest BCUT2D eigenvalue weighted by atomic mass is 16.5.